The molecule has 1 aromatic carbocycles. The summed E-state index contributed by atoms with van der Waals surface area (Å²) in [6, 6.07) is 11.7. The first-order valence-corrected chi connectivity index (χ1v) is 10.0. The van der Waals surface area contributed by atoms with E-state index in [1.54, 1.807) is 6.07 Å². The van der Waals surface area contributed by atoms with Crippen molar-refractivity contribution in [3.8, 4) is 12.1 Å². The molecule has 0 radical (unpaired) electrons. The smallest absolute Gasteiger partial charge is 0.161 e. The van der Waals surface area contributed by atoms with Crippen molar-refractivity contribution in [1.82, 2.24) is 0 Å². The molecule has 5 saturated carbocycles. The number of nitrogens with zero attached hydrogens (tertiary/aromatic N) is 2. The van der Waals surface area contributed by atoms with Gasteiger partial charge in [0.15, 0.2) is 5.41 Å². The summed E-state index contributed by atoms with van der Waals surface area (Å²) in [5.41, 5.74) is -0.639. The van der Waals surface area contributed by atoms with E-state index in [1.807, 2.05) is 18.2 Å². The molecule has 0 amide bonds. The second-order valence-electron chi connectivity index (χ2n) is 9.17. The van der Waals surface area contributed by atoms with Crippen LogP contribution in [0, 0.1) is 57.2 Å². The van der Waals surface area contributed by atoms with Crippen LogP contribution in [0.2, 0.25) is 5.02 Å². The molecule has 4 heteroatoms. The van der Waals surface area contributed by atoms with Crippen LogP contribution in [0.4, 0.5) is 0 Å². The van der Waals surface area contributed by atoms with E-state index in [1.165, 1.54) is 19.3 Å². The van der Waals surface area contributed by atoms with Gasteiger partial charge in [-0.15, -0.1) is 0 Å². The number of nitriles is 2. The fraction of sp³-hybridized carbons (Fsp3) is 0.591. The Balaban J connectivity index is 1.52. The van der Waals surface area contributed by atoms with E-state index in [4.69, 9.17) is 11.6 Å². The lowest BCUT2D eigenvalue weighted by Crippen LogP contribution is -2.50. The summed E-state index contributed by atoms with van der Waals surface area (Å²) in [4.78, 5) is 13.7. The highest BCUT2D eigenvalue weighted by molar-refractivity contribution is 6.30. The zero-order chi connectivity index (χ0) is 18.1. The van der Waals surface area contributed by atoms with Crippen LogP contribution in [0.25, 0.3) is 0 Å². The molecule has 0 aromatic heterocycles. The topological polar surface area (TPSA) is 64.7 Å². The van der Waals surface area contributed by atoms with Crippen LogP contribution < -0.4 is 0 Å². The predicted octanol–water partition coefficient (Wildman–Crippen LogP) is 4.87. The molecule has 0 aliphatic heterocycles. The van der Waals surface area contributed by atoms with Gasteiger partial charge in [0.25, 0.3) is 0 Å². The van der Waals surface area contributed by atoms with Crippen molar-refractivity contribution >= 4 is 17.4 Å². The number of hydrogen-bond acceptors (Lipinski definition) is 3. The van der Waals surface area contributed by atoms with Crippen molar-refractivity contribution in [3.05, 3.63) is 34.9 Å². The molecule has 5 aliphatic rings. The van der Waals surface area contributed by atoms with E-state index in [0.717, 1.165) is 24.8 Å². The van der Waals surface area contributed by atoms with Crippen molar-refractivity contribution in [3.63, 3.8) is 0 Å². The summed E-state index contributed by atoms with van der Waals surface area (Å²) in [6.07, 6.45) is 6.75. The maximum Gasteiger partial charge on any atom is 0.161 e. The van der Waals surface area contributed by atoms with E-state index in [-0.39, 0.29) is 17.1 Å². The summed E-state index contributed by atoms with van der Waals surface area (Å²) in [6.45, 7) is 0. The number of halogens is 1. The first-order valence-electron chi connectivity index (χ1n) is 9.63. The highest BCUT2D eigenvalue weighted by Gasteiger charge is 2.73. The number of benzene rings is 1. The molecule has 1 aromatic rings. The lowest BCUT2D eigenvalue weighted by molar-refractivity contribution is -0.145. The highest BCUT2D eigenvalue weighted by atomic mass is 35.5. The molecule has 4 bridgehead atoms. The van der Waals surface area contributed by atoms with Crippen molar-refractivity contribution in [2.75, 3.05) is 0 Å². The fourth-order valence-corrected chi connectivity index (χ4v) is 7.15. The van der Waals surface area contributed by atoms with Gasteiger partial charge in [0.05, 0.1) is 18.1 Å². The van der Waals surface area contributed by atoms with Gasteiger partial charge in [-0.25, -0.2) is 0 Å². The minimum atomic E-state index is -1.22. The van der Waals surface area contributed by atoms with Crippen molar-refractivity contribution in [2.24, 2.45) is 34.5 Å². The Morgan fingerprint density at radius 3 is 2.12 bits per heavy atom. The first-order chi connectivity index (χ1) is 12.5. The SMILES string of the molecule is N#CC1(C#N)[C@H](C(=O)C23CC4CC(CC(C4)C2)C3)[C@H]1c1cccc(Cl)c1. The van der Waals surface area contributed by atoms with Gasteiger partial charge in [0.1, 0.15) is 5.78 Å². The summed E-state index contributed by atoms with van der Waals surface area (Å²) in [5, 5.41) is 20.2. The average molecular weight is 365 g/mol. The van der Waals surface area contributed by atoms with E-state index < -0.39 is 11.3 Å². The largest absolute Gasteiger partial charge is 0.299 e. The molecular weight excluding hydrogens is 344 g/mol. The second kappa shape index (κ2) is 5.34. The van der Waals surface area contributed by atoms with E-state index in [9.17, 15) is 15.3 Å². The van der Waals surface area contributed by atoms with Gasteiger partial charge >= 0.3 is 0 Å². The standard InChI is InChI=1S/C22H21ClN2O/c23-17-3-1-2-16(7-17)18-19(22(18,11-24)12-25)20(26)21-8-13-4-14(9-21)6-15(5-13)10-21/h1-3,7,13-15,18-19H,4-6,8-10H2/t13?,14?,15?,18-,19+,21?/m1/s1. The summed E-state index contributed by atoms with van der Waals surface area (Å²) in [7, 11) is 0. The summed E-state index contributed by atoms with van der Waals surface area (Å²) in [5.74, 6) is 1.39. The molecule has 2 atom stereocenters. The van der Waals surface area contributed by atoms with Crippen molar-refractivity contribution in [2.45, 2.75) is 44.4 Å². The van der Waals surface area contributed by atoms with Crippen LogP contribution in [-0.4, -0.2) is 5.78 Å². The Morgan fingerprint density at radius 1 is 1.04 bits per heavy atom. The third-order valence-corrected chi connectivity index (χ3v) is 7.86. The second-order valence-corrected chi connectivity index (χ2v) is 9.60. The number of hydrogen-bond donors (Lipinski definition) is 0. The molecule has 0 saturated heterocycles. The van der Waals surface area contributed by atoms with Gasteiger partial charge in [-0.1, -0.05) is 23.7 Å². The molecule has 0 unspecified atom stereocenters. The zero-order valence-electron chi connectivity index (χ0n) is 14.6. The van der Waals surface area contributed by atoms with Gasteiger partial charge in [-0.3, -0.25) is 4.79 Å². The molecule has 3 nitrogen and oxygen atoms in total. The predicted molar refractivity (Wildman–Crippen MR) is 97.0 cm³/mol. The molecule has 5 fully saturated rings. The molecule has 132 valence electrons. The Kier molecular flexibility index (Phi) is 3.35. The molecule has 0 spiro atoms. The minimum absolute atomic E-state index is 0.199. The molecule has 26 heavy (non-hydrogen) atoms. The summed E-state index contributed by atoms with van der Waals surface area (Å²) < 4.78 is 0. The number of carbonyl (C=O) groups is 1. The Labute approximate surface area is 158 Å². The van der Waals surface area contributed by atoms with Crippen LogP contribution >= 0.6 is 11.6 Å². The molecule has 6 rings (SSSR count). The molecule has 0 N–H and O–H groups in total. The zero-order valence-corrected chi connectivity index (χ0v) is 15.4. The maximum atomic E-state index is 13.7. The minimum Gasteiger partial charge on any atom is -0.299 e. The Bertz CT molecular complexity index is 828. The maximum absolute atomic E-state index is 13.7. The van der Waals surface area contributed by atoms with Crippen LogP contribution in [0.5, 0.6) is 0 Å². The lowest BCUT2D eigenvalue weighted by Gasteiger charge is -2.56. The quantitative estimate of drug-likeness (QED) is 0.768. The van der Waals surface area contributed by atoms with Gasteiger partial charge in [0, 0.05) is 16.4 Å². The monoisotopic (exact) mass is 364 g/mol. The lowest BCUT2D eigenvalue weighted by atomic mass is 9.48. The normalized spacial score (nSPS) is 41.3. The van der Waals surface area contributed by atoms with Gasteiger partial charge in [-0.2, -0.15) is 10.5 Å². The number of ketones is 1. The third kappa shape index (κ3) is 2.07. The van der Waals surface area contributed by atoms with Crippen molar-refractivity contribution in [1.29, 1.82) is 10.5 Å². The number of rotatable bonds is 3. The fourth-order valence-electron chi connectivity index (χ4n) is 6.95. The number of carbonyl (C=O) groups excluding carboxylic acids is 1. The van der Waals surface area contributed by atoms with Crippen LogP contribution in [0.15, 0.2) is 24.3 Å². The first kappa shape index (κ1) is 16.3. The average Bonchev–Trinajstić information content (AvgIpc) is 3.29. The number of Topliss-reactive ketones (excluding diaryl/α,β-unsaturated/α-hetero) is 1. The van der Waals surface area contributed by atoms with Crippen molar-refractivity contribution < 1.29 is 4.79 Å². The molecule has 5 aliphatic carbocycles. The van der Waals surface area contributed by atoms with E-state index in [2.05, 4.69) is 12.1 Å². The van der Waals surface area contributed by atoms with Crippen LogP contribution in [-0.2, 0) is 4.79 Å². The van der Waals surface area contributed by atoms with Crippen LogP contribution in [0.1, 0.15) is 50.0 Å². The van der Waals surface area contributed by atoms with Gasteiger partial charge in [0.2, 0.25) is 0 Å². The van der Waals surface area contributed by atoms with Gasteiger partial charge in [-0.05, 0) is 74.0 Å². The van der Waals surface area contributed by atoms with Crippen LogP contribution in [0.3, 0.4) is 0 Å². The Hall–Kier alpha value is -1.84. The van der Waals surface area contributed by atoms with E-state index >= 15 is 0 Å². The molecule has 0 heterocycles. The third-order valence-electron chi connectivity index (χ3n) is 7.63. The van der Waals surface area contributed by atoms with E-state index in [0.29, 0.717) is 22.8 Å². The Morgan fingerprint density at radius 2 is 1.62 bits per heavy atom. The highest BCUT2D eigenvalue weighted by Crippen LogP contribution is 2.70. The van der Waals surface area contributed by atoms with Gasteiger partial charge < -0.3 is 0 Å². The summed E-state index contributed by atoms with van der Waals surface area (Å²) >= 11 is 6.13. The molecular formula is C22H21ClN2O.